The third-order valence-corrected chi connectivity index (χ3v) is 11.0. The van der Waals surface area contributed by atoms with E-state index in [1.54, 1.807) is 0 Å². The maximum Gasteiger partial charge on any atom is 0.230 e. The van der Waals surface area contributed by atoms with Crippen molar-refractivity contribution in [3.63, 3.8) is 0 Å². The van der Waals surface area contributed by atoms with Crippen LogP contribution >= 0.6 is 0 Å². The Hall–Kier alpha value is -4.45. The van der Waals surface area contributed by atoms with Gasteiger partial charge in [0.1, 0.15) is 5.82 Å². The van der Waals surface area contributed by atoms with Gasteiger partial charge in [-0.05, 0) is 103 Å². The molecule has 3 aliphatic rings. The van der Waals surface area contributed by atoms with Crippen LogP contribution in [-0.2, 0) is 16.0 Å². The van der Waals surface area contributed by atoms with Gasteiger partial charge in [0.25, 0.3) is 0 Å². The lowest BCUT2D eigenvalue weighted by Crippen LogP contribution is -2.48. The SMILES string of the molecule is C[C@H]1CC[C@H]2CC[C@@H](Cc3ccc4cc(-c5ccc6[nH]c([C@@H]7CCCN7C(=O)[C@H](C)c7ccccc7)nc6c5)ccc4c3)N2C1=O. The molecule has 5 aromatic rings. The summed E-state index contributed by atoms with van der Waals surface area (Å²) < 4.78 is 0. The molecular formula is C40H42N4O2. The molecule has 0 spiro atoms. The summed E-state index contributed by atoms with van der Waals surface area (Å²) >= 11 is 0. The zero-order valence-corrected chi connectivity index (χ0v) is 26.8. The van der Waals surface area contributed by atoms with Gasteiger partial charge in [-0.2, -0.15) is 0 Å². The molecule has 1 N–H and O–H groups in total. The van der Waals surface area contributed by atoms with Gasteiger partial charge < -0.3 is 14.8 Å². The Morgan fingerprint density at radius 3 is 2.52 bits per heavy atom. The van der Waals surface area contributed by atoms with Crippen LogP contribution in [0.25, 0.3) is 32.9 Å². The van der Waals surface area contributed by atoms with Crippen LogP contribution in [0.3, 0.4) is 0 Å². The third kappa shape index (κ3) is 5.18. The van der Waals surface area contributed by atoms with E-state index < -0.39 is 0 Å². The van der Waals surface area contributed by atoms with Crippen LogP contribution < -0.4 is 0 Å². The maximum atomic E-state index is 13.5. The standard InChI is InChI=1S/C40H42N4O2/c1-25-10-16-33-17-18-34(44(33)39(25)45)22-27-11-12-30-23-31(14-13-29(30)21-27)32-15-19-35-36(24-32)42-38(41-35)37-9-6-20-43(37)40(46)26(2)28-7-4-3-5-8-28/h3-5,7-8,11-15,19,21,23-26,33-34,37H,6,9-10,16-18,20,22H2,1-2H3,(H,41,42)/t25-,26+,33-,34-,37-/m0/s1. The first kappa shape index (κ1) is 29.0. The number of fused-ring (bicyclic) bond motifs is 3. The highest BCUT2D eigenvalue weighted by atomic mass is 16.2. The number of nitrogens with zero attached hydrogens (tertiary/aromatic N) is 3. The summed E-state index contributed by atoms with van der Waals surface area (Å²) in [4.78, 5) is 39.3. The second-order valence-electron chi connectivity index (χ2n) is 13.9. The molecule has 234 valence electrons. The molecule has 0 aliphatic carbocycles. The Kier molecular flexibility index (Phi) is 7.39. The number of H-pyrrole nitrogens is 1. The van der Waals surface area contributed by atoms with Crippen LogP contribution in [0.4, 0.5) is 0 Å². The molecule has 8 rings (SSSR count). The van der Waals surface area contributed by atoms with E-state index in [9.17, 15) is 9.59 Å². The van der Waals surface area contributed by atoms with Crippen LogP contribution in [0.5, 0.6) is 0 Å². The monoisotopic (exact) mass is 610 g/mol. The molecule has 3 aliphatic heterocycles. The van der Waals surface area contributed by atoms with E-state index in [-0.39, 0.29) is 23.8 Å². The van der Waals surface area contributed by atoms with E-state index in [0.29, 0.717) is 18.0 Å². The van der Waals surface area contributed by atoms with Crippen molar-refractivity contribution in [2.75, 3.05) is 6.54 Å². The second-order valence-corrected chi connectivity index (χ2v) is 13.9. The predicted molar refractivity (Wildman–Crippen MR) is 183 cm³/mol. The van der Waals surface area contributed by atoms with Gasteiger partial charge in [-0.15, -0.1) is 0 Å². The van der Waals surface area contributed by atoms with Crippen molar-refractivity contribution in [2.24, 2.45) is 5.92 Å². The summed E-state index contributed by atoms with van der Waals surface area (Å²) in [7, 11) is 0. The highest BCUT2D eigenvalue weighted by molar-refractivity contribution is 5.90. The predicted octanol–water partition coefficient (Wildman–Crippen LogP) is 8.18. The van der Waals surface area contributed by atoms with E-state index in [2.05, 4.69) is 71.4 Å². The third-order valence-electron chi connectivity index (χ3n) is 11.0. The summed E-state index contributed by atoms with van der Waals surface area (Å²) in [6.45, 7) is 4.85. The highest BCUT2D eigenvalue weighted by Gasteiger charge is 2.41. The van der Waals surface area contributed by atoms with Crippen molar-refractivity contribution < 1.29 is 9.59 Å². The minimum absolute atomic E-state index is 0.0315. The zero-order chi connectivity index (χ0) is 31.4. The van der Waals surface area contributed by atoms with Crippen LogP contribution in [0.2, 0.25) is 0 Å². The molecule has 0 unspecified atom stereocenters. The number of imidazole rings is 1. The number of likely N-dealkylation sites (tertiary alicyclic amines) is 1. The van der Waals surface area contributed by atoms with Gasteiger partial charge in [0, 0.05) is 24.5 Å². The van der Waals surface area contributed by atoms with Crippen LogP contribution in [0.15, 0.2) is 84.9 Å². The van der Waals surface area contributed by atoms with Crippen molar-refractivity contribution >= 4 is 33.6 Å². The number of amides is 2. The molecule has 0 bridgehead atoms. The summed E-state index contributed by atoms with van der Waals surface area (Å²) in [5, 5.41) is 2.44. The molecule has 0 saturated carbocycles. The lowest BCUT2D eigenvalue weighted by molar-refractivity contribution is -0.141. The fourth-order valence-electron chi connectivity index (χ4n) is 8.31. The van der Waals surface area contributed by atoms with Crippen molar-refractivity contribution in [1.29, 1.82) is 0 Å². The van der Waals surface area contributed by atoms with Crippen LogP contribution in [0.1, 0.15) is 81.3 Å². The largest absolute Gasteiger partial charge is 0.340 e. The van der Waals surface area contributed by atoms with Gasteiger partial charge in [0.15, 0.2) is 0 Å². The number of rotatable bonds is 6. The van der Waals surface area contributed by atoms with Crippen molar-refractivity contribution in [1.82, 2.24) is 19.8 Å². The molecule has 46 heavy (non-hydrogen) atoms. The van der Waals surface area contributed by atoms with Gasteiger partial charge in [-0.1, -0.05) is 73.7 Å². The average Bonchev–Trinajstić information content (AvgIpc) is 3.84. The summed E-state index contributed by atoms with van der Waals surface area (Å²) in [5.41, 5.74) is 6.57. The van der Waals surface area contributed by atoms with E-state index in [0.717, 1.165) is 85.0 Å². The van der Waals surface area contributed by atoms with E-state index in [4.69, 9.17) is 4.98 Å². The van der Waals surface area contributed by atoms with Gasteiger partial charge in [0.05, 0.1) is 23.0 Å². The van der Waals surface area contributed by atoms with E-state index in [1.165, 1.54) is 16.3 Å². The van der Waals surface area contributed by atoms with Gasteiger partial charge in [-0.3, -0.25) is 9.59 Å². The fraction of sp³-hybridized carbons (Fsp3) is 0.375. The van der Waals surface area contributed by atoms with E-state index in [1.807, 2.05) is 42.2 Å². The smallest absolute Gasteiger partial charge is 0.230 e. The maximum absolute atomic E-state index is 13.5. The fourth-order valence-corrected chi connectivity index (χ4v) is 8.31. The van der Waals surface area contributed by atoms with Crippen molar-refractivity contribution in [2.45, 2.75) is 82.8 Å². The Labute approximate surface area is 270 Å². The number of hydrogen-bond acceptors (Lipinski definition) is 3. The topological polar surface area (TPSA) is 69.3 Å². The molecular weight excluding hydrogens is 568 g/mol. The molecule has 4 heterocycles. The van der Waals surface area contributed by atoms with Crippen molar-refractivity contribution in [3.05, 3.63) is 102 Å². The molecule has 6 nitrogen and oxygen atoms in total. The average molecular weight is 611 g/mol. The van der Waals surface area contributed by atoms with Crippen LogP contribution in [-0.4, -0.2) is 50.2 Å². The first-order valence-electron chi connectivity index (χ1n) is 17.1. The number of carbonyl (C=O) groups is 2. The second kappa shape index (κ2) is 11.7. The minimum atomic E-state index is -0.181. The summed E-state index contributed by atoms with van der Waals surface area (Å²) in [5.74, 6) is 1.38. The van der Waals surface area contributed by atoms with Gasteiger partial charge >= 0.3 is 0 Å². The normalized spacial score (nSPS) is 23.7. The lowest BCUT2D eigenvalue weighted by Gasteiger charge is -2.37. The number of carbonyl (C=O) groups excluding carboxylic acids is 2. The molecule has 3 saturated heterocycles. The molecule has 0 radical (unpaired) electrons. The van der Waals surface area contributed by atoms with Gasteiger partial charge in [0.2, 0.25) is 11.8 Å². The quantitative estimate of drug-likeness (QED) is 0.211. The number of aromatic nitrogens is 2. The minimum Gasteiger partial charge on any atom is -0.340 e. The molecule has 1 aromatic heterocycles. The number of nitrogens with one attached hydrogen (secondary N) is 1. The molecule has 5 atom stereocenters. The summed E-state index contributed by atoms with van der Waals surface area (Å²) in [6, 6.07) is 30.7. The summed E-state index contributed by atoms with van der Waals surface area (Å²) in [6.07, 6.45) is 7.28. The highest BCUT2D eigenvalue weighted by Crippen LogP contribution is 2.37. The Morgan fingerprint density at radius 1 is 0.891 bits per heavy atom. The molecule has 6 heteroatoms. The van der Waals surface area contributed by atoms with Crippen molar-refractivity contribution in [3.8, 4) is 11.1 Å². The number of piperidine rings is 1. The lowest BCUT2D eigenvalue weighted by atomic mass is 9.93. The zero-order valence-electron chi connectivity index (χ0n) is 26.8. The van der Waals surface area contributed by atoms with Crippen LogP contribution in [0, 0.1) is 5.92 Å². The molecule has 3 fully saturated rings. The Balaban J connectivity index is 1.00. The number of benzene rings is 4. The van der Waals surface area contributed by atoms with E-state index >= 15 is 0 Å². The first-order valence-corrected chi connectivity index (χ1v) is 17.1. The Morgan fingerprint density at radius 2 is 1.65 bits per heavy atom. The van der Waals surface area contributed by atoms with Gasteiger partial charge in [-0.25, -0.2) is 4.98 Å². The molecule has 4 aromatic carbocycles. The first-order chi connectivity index (χ1) is 22.4. The number of aromatic amines is 1. The number of hydrogen-bond donors (Lipinski definition) is 1. The molecule has 2 amide bonds. The Bertz CT molecular complexity index is 1930.